The van der Waals surface area contributed by atoms with Crippen LogP contribution in [0.4, 0.5) is 4.79 Å². The topological polar surface area (TPSA) is 29.5 Å². The Morgan fingerprint density at radius 1 is 1.71 bits per heavy atom. The summed E-state index contributed by atoms with van der Waals surface area (Å²) in [6.07, 6.45) is 0.739. The molecule has 1 aromatic heterocycles. The Morgan fingerprint density at radius 2 is 2.47 bits per heavy atom. The first kappa shape index (κ1) is 12.9. The van der Waals surface area contributed by atoms with Crippen molar-refractivity contribution in [2.24, 2.45) is 0 Å². The summed E-state index contributed by atoms with van der Waals surface area (Å²) in [4.78, 5) is 14.9. The molecule has 1 atom stereocenters. The van der Waals surface area contributed by atoms with E-state index < -0.39 is 0 Å². The van der Waals surface area contributed by atoms with Crippen molar-refractivity contribution in [3.8, 4) is 0 Å². The summed E-state index contributed by atoms with van der Waals surface area (Å²) in [6.45, 7) is 5.94. The molecule has 94 valence electrons. The van der Waals surface area contributed by atoms with Crippen molar-refractivity contribution in [2.45, 2.75) is 26.2 Å². The molecule has 0 N–H and O–H groups in total. The molecule has 0 saturated heterocycles. The van der Waals surface area contributed by atoms with E-state index in [1.165, 1.54) is 14.2 Å². The minimum Gasteiger partial charge on any atom is -0.450 e. The Balaban J connectivity index is 2.12. The number of ether oxygens (including phenoxy) is 1. The molecular formula is C12H16BrNO2S. The number of carbonyl (C=O) groups is 1. The van der Waals surface area contributed by atoms with E-state index >= 15 is 0 Å². The number of nitrogens with zero attached hydrogens (tertiary/aromatic N) is 1. The number of amides is 1. The second-order valence-corrected chi connectivity index (χ2v) is 6.74. The normalized spacial score (nSPS) is 19.7. The first-order valence-corrected chi connectivity index (χ1v) is 7.42. The van der Waals surface area contributed by atoms with E-state index in [0.29, 0.717) is 12.5 Å². The number of fused-ring (bicyclic) bond motifs is 1. The Kier molecular flexibility index (Phi) is 4.09. The highest BCUT2D eigenvalue weighted by molar-refractivity contribution is 9.11. The van der Waals surface area contributed by atoms with Crippen LogP contribution in [0.5, 0.6) is 0 Å². The molecule has 0 bridgehead atoms. The lowest BCUT2D eigenvalue weighted by Crippen LogP contribution is -2.34. The fourth-order valence-electron chi connectivity index (χ4n) is 2.16. The van der Waals surface area contributed by atoms with Crippen LogP contribution in [0.15, 0.2) is 9.85 Å². The minimum absolute atomic E-state index is 0.187. The molecule has 0 spiro atoms. The predicted octanol–water partition coefficient (Wildman–Crippen LogP) is 3.63. The second kappa shape index (κ2) is 5.40. The van der Waals surface area contributed by atoms with Gasteiger partial charge in [0, 0.05) is 18.0 Å². The zero-order chi connectivity index (χ0) is 12.4. The maximum Gasteiger partial charge on any atom is 0.409 e. The van der Waals surface area contributed by atoms with E-state index in [1.807, 2.05) is 11.8 Å². The Morgan fingerprint density at radius 3 is 3.18 bits per heavy atom. The van der Waals surface area contributed by atoms with Gasteiger partial charge in [-0.3, -0.25) is 0 Å². The van der Waals surface area contributed by atoms with Crippen LogP contribution in [0.1, 0.15) is 30.2 Å². The summed E-state index contributed by atoms with van der Waals surface area (Å²) in [6, 6.07) is 2.18. The van der Waals surface area contributed by atoms with E-state index in [1.54, 1.807) is 11.3 Å². The fourth-order valence-corrected chi connectivity index (χ4v) is 3.98. The van der Waals surface area contributed by atoms with Gasteiger partial charge in [0.2, 0.25) is 0 Å². The zero-order valence-corrected chi connectivity index (χ0v) is 12.4. The van der Waals surface area contributed by atoms with Crippen molar-refractivity contribution in [1.29, 1.82) is 0 Å². The molecule has 0 fully saturated rings. The average molecular weight is 318 g/mol. The maximum absolute atomic E-state index is 11.7. The van der Waals surface area contributed by atoms with Gasteiger partial charge in [0.1, 0.15) is 0 Å². The molecule has 17 heavy (non-hydrogen) atoms. The third-order valence-electron chi connectivity index (χ3n) is 2.97. The van der Waals surface area contributed by atoms with Crippen LogP contribution in [0.25, 0.3) is 0 Å². The van der Waals surface area contributed by atoms with Gasteiger partial charge in [-0.25, -0.2) is 4.79 Å². The molecule has 2 rings (SSSR count). The van der Waals surface area contributed by atoms with Crippen LogP contribution in [0.2, 0.25) is 0 Å². The molecule has 1 aliphatic heterocycles. The van der Waals surface area contributed by atoms with Crippen LogP contribution in [0.3, 0.4) is 0 Å². The quantitative estimate of drug-likeness (QED) is 0.791. The SMILES string of the molecule is CCOC(=O)N1CCc2sc(Br)cc2[C@H](C)C1. The Hall–Kier alpha value is -0.550. The van der Waals surface area contributed by atoms with Gasteiger partial charge in [-0.15, -0.1) is 11.3 Å². The number of rotatable bonds is 1. The van der Waals surface area contributed by atoms with Crippen molar-refractivity contribution in [2.75, 3.05) is 19.7 Å². The number of halogens is 1. The molecule has 0 saturated carbocycles. The summed E-state index contributed by atoms with van der Waals surface area (Å²) in [5.74, 6) is 0.374. The van der Waals surface area contributed by atoms with E-state index in [-0.39, 0.29) is 6.09 Å². The lowest BCUT2D eigenvalue weighted by molar-refractivity contribution is 0.107. The third-order valence-corrected chi connectivity index (χ3v) is 4.69. The summed E-state index contributed by atoms with van der Waals surface area (Å²) in [5.41, 5.74) is 1.37. The highest BCUT2D eigenvalue weighted by atomic mass is 79.9. The zero-order valence-electron chi connectivity index (χ0n) is 10.0. The van der Waals surface area contributed by atoms with Crippen LogP contribution in [-0.4, -0.2) is 30.7 Å². The van der Waals surface area contributed by atoms with E-state index in [9.17, 15) is 4.79 Å². The number of hydrogen-bond acceptors (Lipinski definition) is 3. The van der Waals surface area contributed by atoms with Gasteiger partial charge in [-0.2, -0.15) is 0 Å². The van der Waals surface area contributed by atoms with Gasteiger partial charge >= 0.3 is 6.09 Å². The molecule has 5 heteroatoms. The van der Waals surface area contributed by atoms with Crippen molar-refractivity contribution in [3.05, 3.63) is 20.3 Å². The van der Waals surface area contributed by atoms with Gasteiger partial charge in [-0.05, 0) is 46.8 Å². The first-order valence-electron chi connectivity index (χ1n) is 5.81. The van der Waals surface area contributed by atoms with Crippen LogP contribution < -0.4 is 0 Å². The molecule has 1 amide bonds. The molecular weight excluding hydrogens is 302 g/mol. The predicted molar refractivity (Wildman–Crippen MR) is 72.7 cm³/mol. The maximum atomic E-state index is 11.7. The summed E-state index contributed by atoms with van der Waals surface area (Å²) >= 11 is 5.30. The lowest BCUT2D eigenvalue weighted by atomic mass is 10.0. The number of hydrogen-bond donors (Lipinski definition) is 0. The van der Waals surface area contributed by atoms with Gasteiger partial charge in [0.05, 0.1) is 10.4 Å². The van der Waals surface area contributed by atoms with Crippen LogP contribution in [-0.2, 0) is 11.2 Å². The minimum atomic E-state index is -0.187. The molecule has 0 radical (unpaired) electrons. The Bertz CT molecular complexity index is 419. The molecule has 0 aliphatic carbocycles. The molecule has 1 aromatic rings. The fraction of sp³-hybridized carbons (Fsp3) is 0.583. The highest BCUT2D eigenvalue weighted by Crippen LogP contribution is 2.34. The second-order valence-electron chi connectivity index (χ2n) is 4.23. The van der Waals surface area contributed by atoms with Crippen LogP contribution >= 0.6 is 27.3 Å². The van der Waals surface area contributed by atoms with Gasteiger partial charge in [-0.1, -0.05) is 6.92 Å². The standard InChI is InChI=1S/C12H16BrNO2S/c1-3-16-12(15)14-5-4-10-9(8(2)7-14)6-11(13)17-10/h6,8H,3-5,7H2,1-2H3/t8-/m1/s1. The van der Waals surface area contributed by atoms with E-state index in [2.05, 4.69) is 28.9 Å². The average Bonchev–Trinajstić information content (AvgIpc) is 2.59. The largest absolute Gasteiger partial charge is 0.450 e. The van der Waals surface area contributed by atoms with Gasteiger partial charge in [0.25, 0.3) is 0 Å². The van der Waals surface area contributed by atoms with Crippen molar-refractivity contribution < 1.29 is 9.53 Å². The monoisotopic (exact) mass is 317 g/mol. The highest BCUT2D eigenvalue weighted by Gasteiger charge is 2.25. The molecule has 0 unspecified atom stereocenters. The van der Waals surface area contributed by atoms with Crippen molar-refractivity contribution in [3.63, 3.8) is 0 Å². The molecule has 0 aromatic carbocycles. The number of thiophene rings is 1. The molecule has 3 nitrogen and oxygen atoms in total. The Labute approximate surface area is 114 Å². The summed E-state index contributed by atoms with van der Waals surface area (Å²) in [5, 5.41) is 0. The summed E-state index contributed by atoms with van der Waals surface area (Å²) < 4.78 is 6.25. The molecule has 2 heterocycles. The smallest absolute Gasteiger partial charge is 0.409 e. The van der Waals surface area contributed by atoms with Gasteiger partial charge < -0.3 is 9.64 Å². The van der Waals surface area contributed by atoms with Crippen LogP contribution in [0, 0.1) is 0 Å². The number of carbonyl (C=O) groups excluding carboxylic acids is 1. The van der Waals surface area contributed by atoms with Crippen molar-refractivity contribution in [1.82, 2.24) is 4.90 Å². The first-order chi connectivity index (χ1) is 8.11. The van der Waals surface area contributed by atoms with E-state index in [0.717, 1.165) is 19.5 Å². The lowest BCUT2D eigenvalue weighted by Gasteiger charge is -2.21. The van der Waals surface area contributed by atoms with Gasteiger partial charge in [0.15, 0.2) is 0 Å². The summed E-state index contributed by atoms with van der Waals surface area (Å²) in [7, 11) is 0. The van der Waals surface area contributed by atoms with Crippen molar-refractivity contribution >= 4 is 33.4 Å². The third kappa shape index (κ3) is 2.83. The van der Waals surface area contributed by atoms with E-state index in [4.69, 9.17) is 4.74 Å². The molecule has 1 aliphatic rings.